The lowest BCUT2D eigenvalue weighted by Gasteiger charge is -2.41. The molecular formula is C22H26N4O. The summed E-state index contributed by atoms with van der Waals surface area (Å²) in [5.74, 6) is 0.732. The van der Waals surface area contributed by atoms with Gasteiger partial charge in [0.25, 0.3) is 0 Å². The predicted molar refractivity (Wildman–Crippen MR) is 104 cm³/mol. The van der Waals surface area contributed by atoms with E-state index in [1.54, 1.807) is 6.20 Å². The normalized spacial score (nSPS) is 18.9. The Balaban J connectivity index is 1.23. The maximum atomic E-state index is 12.9. The average molecular weight is 362 g/mol. The highest BCUT2D eigenvalue weighted by atomic mass is 16.2. The number of amides is 1. The fraction of sp³-hybridized carbons (Fsp3) is 0.500. The van der Waals surface area contributed by atoms with E-state index in [0.717, 1.165) is 43.9 Å². The quantitative estimate of drug-likeness (QED) is 0.842. The zero-order chi connectivity index (χ0) is 18.4. The van der Waals surface area contributed by atoms with Gasteiger partial charge in [-0.1, -0.05) is 0 Å². The van der Waals surface area contributed by atoms with Gasteiger partial charge in [-0.05, 0) is 61.4 Å². The van der Waals surface area contributed by atoms with Crippen LogP contribution in [0.3, 0.4) is 0 Å². The second-order valence-corrected chi connectivity index (χ2v) is 8.22. The van der Waals surface area contributed by atoms with Crippen molar-refractivity contribution in [3.05, 3.63) is 52.6 Å². The van der Waals surface area contributed by atoms with Crippen molar-refractivity contribution in [1.29, 1.82) is 0 Å². The molecule has 3 aliphatic rings. The summed E-state index contributed by atoms with van der Waals surface area (Å²) in [4.78, 5) is 26.2. The average Bonchev–Trinajstić information content (AvgIpc) is 3.09. The van der Waals surface area contributed by atoms with Crippen LogP contribution in [0.15, 0.2) is 24.5 Å². The predicted octanol–water partition coefficient (Wildman–Crippen LogP) is 3.03. The van der Waals surface area contributed by atoms with E-state index in [2.05, 4.69) is 22.9 Å². The lowest BCUT2D eigenvalue weighted by molar-refractivity contribution is -0.133. The van der Waals surface area contributed by atoms with E-state index in [1.807, 2.05) is 17.2 Å². The topological polar surface area (TPSA) is 49.3 Å². The number of hydrogen-bond acceptors (Lipinski definition) is 4. The zero-order valence-electron chi connectivity index (χ0n) is 15.9. The number of pyridine rings is 2. The molecule has 0 unspecified atom stereocenters. The van der Waals surface area contributed by atoms with E-state index in [-0.39, 0.29) is 5.91 Å². The minimum absolute atomic E-state index is 0.283. The molecule has 0 radical (unpaired) electrons. The van der Waals surface area contributed by atoms with Crippen molar-refractivity contribution in [3.63, 3.8) is 0 Å². The number of carbonyl (C=O) groups excluding carboxylic acids is 1. The summed E-state index contributed by atoms with van der Waals surface area (Å²) in [6.07, 6.45) is 9.19. The minimum Gasteiger partial charge on any atom is -0.370 e. The third-order valence-electron chi connectivity index (χ3n) is 6.39. The van der Waals surface area contributed by atoms with Crippen LogP contribution in [0.2, 0.25) is 0 Å². The molecule has 1 aliphatic carbocycles. The van der Waals surface area contributed by atoms with Gasteiger partial charge in [0.1, 0.15) is 0 Å². The Morgan fingerprint density at radius 2 is 1.96 bits per heavy atom. The molecular weight excluding hydrogens is 336 g/mol. The smallest absolute Gasteiger partial charge is 0.223 e. The van der Waals surface area contributed by atoms with Gasteiger partial charge in [0.2, 0.25) is 5.91 Å². The lowest BCUT2D eigenvalue weighted by Crippen LogP contribution is -2.48. The molecule has 5 heteroatoms. The van der Waals surface area contributed by atoms with Crippen molar-refractivity contribution in [2.24, 2.45) is 5.92 Å². The molecule has 2 aromatic rings. The summed E-state index contributed by atoms with van der Waals surface area (Å²) in [5.41, 5.74) is 7.80. The SMILES string of the molecule is Cc1nc2c(c3c1CCCC3)CN(C(=O)CC1CN(c3cccnc3)C1)C2. The van der Waals surface area contributed by atoms with Gasteiger partial charge in [-0.3, -0.25) is 14.8 Å². The Bertz CT molecular complexity index is 874. The van der Waals surface area contributed by atoms with Gasteiger partial charge in [-0.15, -0.1) is 0 Å². The molecule has 0 bridgehead atoms. The molecule has 27 heavy (non-hydrogen) atoms. The molecule has 4 heterocycles. The monoisotopic (exact) mass is 362 g/mol. The Morgan fingerprint density at radius 1 is 1.15 bits per heavy atom. The molecule has 140 valence electrons. The largest absolute Gasteiger partial charge is 0.370 e. The summed E-state index contributed by atoms with van der Waals surface area (Å²) in [7, 11) is 0. The standard InChI is InChI=1S/C22H26N4O/c1-15-18-6-2-3-7-19(18)20-13-26(14-21(20)24-15)22(27)9-16-11-25(12-16)17-5-4-8-23-10-17/h4-5,8,10,16H,2-3,6-7,9,11-14H2,1H3. The number of carbonyl (C=O) groups is 1. The number of aromatic nitrogens is 2. The van der Waals surface area contributed by atoms with Crippen LogP contribution < -0.4 is 4.90 Å². The summed E-state index contributed by atoms with van der Waals surface area (Å²) >= 11 is 0. The van der Waals surface area contributed by atoms with Gasteiger partial charge >= 0.3 is 0 Å². The molecule has 0 N–H and O–H groups in total. The van der Waals surface area contributed by atoms with Crippen molar-refractivity contribution in [1.82, 2.24) is 14.9 Å². The first-order valence-electron chi connectivity index (χ1n) is 10.1. The second kappa shape index (κ2) is 6.63. The van der Waals surface area contributed by atoms with Crippen LogP contribution in [-0.4, -0.2) is 33.9 Å². The Labute approximate surface area is 160 Å². The Hall–Kier alpha value is -2.43. The summed E-state index contributed by atoms with van der Waals surface area (Å²) in [6.45, 7) is 5.50. The first kappa shape index (κ1) is 16.7. The van der Waals surface area contributed by atoms with Crippen LogP contribution in [0, 0.1) is 12.8 Å². The molecule has 2 aromatic heterocycles. The highest BCUT2D eigenvalue weighted by Crippen LogP contribution is 2.34. The Kier molecular flexibility index (Phi) is 4.10. The third kappa shape index (κ3) is 2.99. The number of nitrogens with zero attached hydrogens (tertiary/aromatic N) is 4. The molecule has 0 saturated carbocycles. The molecule has 1 amide bonds. The maximum absolute atomic E-state index is 12.9. The van der Waals surface area contributed by atoms with Gasteiger partial charge in [-0.25, -0.2) is 0 Å². The van der Waals surface area contributed by atoms with Crippen molar-refractivity contribution in [2.45, 2.75) is 52.1 Å². The van der Waals surface area contributed by atoms with Crippen molar-refractivity contribution in [2.75, 3.05) is 18.0 Å². The fourth-order valence-corrected chi connectivity index (χ4v) is 4.90. The highest BCUT2D eigenvalue weighted by Gasteiger charge is 2.34. The molecule has 0 spiro atoms. The summed E-state index contributed by atoms with van der Waals surface area (Å²) < 4.78 is 0. The minimum atomic E-state index is 0.283. The van der Waals surface area contributed by atoms with E-state index < -0.39 is 0 Å². The van der Waals surface area contributed by atoms with Crippen LogP contribution in [0.1, 0.15) is 47.3 Å². The second-order valence-electron chi connectivity index (χ2n) is 8.22. The molecule has 1 saturated heterocycles. The number of hydrogen-bond donors (Lipinski definition) is 0. The lowest BCUT2D eigenvalue weighted by atomic mass is 9.87. The molecule has 0 atom stereocenters. The van der Waals surface area contributed by atoms with Crippen LogP contribution in [0.25, 0.3) is 0 Å². The highest BCUT2D eigenvalue weighted by molar-refractivity contribution is 5.77. The molecule has 2 aliphatic heterocycles. The fourth-order valence-electron chi connectivity index (χ4n) is 4.90. The van der Waals surface area contributed by atoms with Gasteiger partial charge < -0.3 is 9.80 Å². The van der Waals surface area contributed by atoms with Crippen LogP contribution in [-0.2, 0) is 30.7 Å². The van der Waals surface area contributed by atoms with Gasteiger partial charge in [0.15, 0.2) is 0 Å². The van der Waals surface area contributed by atoms with Crippen molar-refractivity contribution >= 4 is 11.6 Å². The van der Waals surface area contributed by atoms with Crippen LogP contribution in [0.5, 0.6) is 0 Å². The van der Waals surface area contributed by atoms with Crippen molar-refractivity contribution < 1.29 is 4.79 Å². The van der Waals surface area contributed by atoms with E-state index in [1.165, 1.54) is 35.2 Å². The van der Waals surface area contributed by atoms with Crippen molar-refractivity contribution in [3.8, 4) is 0 Å². The van der Waals surface area contributed by atoms with Crippen LogP contribution >= 0.6 is 0 Å². The molecule has 5 nitrogen and oxygen atoms in total. The summed E-state index contributed by atoms with van der Waals surface area (Å²) in [6, 6.07) is 4.05. The van der Waals surface area contributed by atoms with E-state index >= 15 is 0 Å². The summed E-state index contributed by atoms with van der Waals surface area (Å²) in [5, 5.41) is 0. The number of anilines is 1. The first-order valence-corrected chi connectivity index (χ1v) is 10.1. The zero-order valence-corrected chi connectivity index (χ0v) is 15.9. The third-order valence-corrected chi connectivity index (χ3v) is 6.39. The van der Waals surface area contributed by atoms with Gasteiger partial charge in [0.05, 0.1) is 24.1 Å². The maximum Gasteiger partial charge on any atom is 0.223 e. The molecule has 0 aromatic carbocycles. The van der Waals surface area contributed by atoms with E-state index in [9.17, 15) is 4.79 Å². The molecule has 1 fully saturated rings. The number of fused-ring (bicyclic) bond motifs is 3. The number of aryl methyl sites for hydroxylation is 1. The van der Waals surface area contributed by atoms with Gasteiger partial charge in [-0.2, -0.15) is 0 Å². The molecule has 5 rings (SSSR count). The van der Waals surface area contributed by atoms with Gasteiger partial charge in [0, 0.05) is 43.9 Å². The first-order chi connectivity index (χ1) is 13.2. The van der Waals surface area contributed by atoms with E-state index in [4.69, 9.17) is 4.98 Å². The van der Waals surface area contributed by atoms with Crippen LogP contribution in [0.4, 0.5) is 5.69 Å². The van der Waals surface area contributed by atoms with E-state index in [0.29, 0.717) is 18.9 Å². The number of rotatable bonds is 3. The Morgan fingerprint density at radius 3 is 2.74 bits per heavy atom.